The maximum atomic E-state index is 12.4. The van der Waals surface area contributed by atoms with Crippen LogP contribution >= 0.6 is 0 Å². The zero-order valence-corrected chi connectivity index (χ0v) is 11.4. The van der Waals surface area contributed by atoms with Crippen molar-refractivity contribution in [3.63, 3.8) is 0 Å². The van der Waals surface area contributed by atoms with E-state index in [0.29, 0.717) is 13.2 Å². The third kappa shape index (κ3) is 3.55. The lowest BCUT2D eigenvalue weighted by Gasteiger charge is -2.34. The van der Waals surface area contributed by atoms with Gasteiger partial charge in [-0.3, -0.25) is 4.79 Å². The Morgan fingerprint density at radius 2 is 2.21 bits per heavy atom. The molecule has 1 saturated heterocycles. The number of ether oxygens (including phenoxy) is 1. The second kappa shape index (κ2) is 6.68. The van der Waals surface area contributed by atoms with Crippen molar-refractivity contribution in [1.82, 2.24) is 4.90 Å². The molecule has 1 amide bonds. The minimum Gasteiger partial charge on any atom is -0.377 e. The lowest BCUT2D eigenvalue weighted by atomic mass is 10.0. The molecule has 1 aromatic carbocycles. The van der Waals surface area contributed by atoms with Gasteiger partial charge in [0.2, 0.25) is 5.91 Å². The summed E-state index contributed by atoms with van der Waals surface area (Å²) >= 11 is 0. The van der Waals surface area contributed by atoms with E-state index in [1.165, 1.54) is 0 Å². The van der Waals surface area contributed by atoms with Crippen molar-refractivity contribution in [1.29, 1.82) is 0 Å². The number of likely N-dealkylation sites (tertiary alicyclic amines) is 1. The summed E-state index contributed by atoms with van der Waals surface area (Å²) in [5.41, 5.74) is 6.92. The molecule has 104 valence electrons. The fourth-order valence-electron chi connectivity index (χ4n) is 2.51. The summed E-state index contributed by atoms with van der Waals surface area (Å²) in [6, 6.07) is 8.95. The molecule has 1 fully saturated rings. The zero-order valence-electron chi connectivity index (χ0n) is 11.4. The fraction of sp³-hybridized carbons (Fsp3) is 0.533. The van der Waals surface area contributed by atoms with E-state index in [1.807, 2.05) is 42.2 Å². The topological polar surface area (TPSA) is 55.6 Å². The molecule has 1 aliphatic rings. The molecule has 1 aliphatic heterocycles. The van der Waals surface area contributed by atoms with Crippen LogP contribution in [0.4, 0.5) is 0 Å². The van der Waals surface area contributed by atoms with Crippen LogP contribution in [-0.4, -0.2) is 36.6 Å². The predicted octanol–water partition coefficient (Wildman–Crippen LogP) is 1.71. The zero-order chi connectivity index (χ0) is 13.7. The molecule has 19 heavy (non-hydrogen) atoms. The van der Waals surface area contributed by atoms with Gasteiger partial charge >= 0.3 is 0 Å². The van der Waals surface area contributed by atoms with Crippen LogP contribution in [0.1, 0.15) is 31.4 Å². The Labute approximate surface area is 114 Å². The van der Waals surface area contributed by atoms with Crippen molar-refractivity contribution in [2.45, 2.75) is 31.9 Å². The highest BCUT2D eigenvalue weighted by molar-refractivity contribution is 5.83. The number of carbonyl (C=O) groups is 1. The number of benzene rings is 1. The van der Waals surface area contributed by atoms with Crippen molar-refractivity contribution in [3.05, 3.63) is 35.9 Å². The summed E-state index contributed by atoms with van der Waals surface area (Å²) < 4.78 is 5.61. The first-order valence-electron chi connectivity index (χ1n) is 6.93. The highest BCUT2D eigenvalue weighted by Gasteiger charge is 2.27. The maximum absolute atomic E-state index is 12.4. The molecule has 4 nitrogen and oxygen atoms in total. The number of rotatable bonds is 4. The van der Waals surface area contributed by atoms with E-state index >= 15 is 0 Å². The predicted molar refractivity (Wildman–Crippen MR) is 74.6 cm³/mol. The molecule has 2 rings (SSSR count). The molecule has 4 heteroatoms. The largest absolute Gasteiger partial charge is 0.377 e. The molecule has 0 saturated carbocycles. The first-order valence-corrected chi connectivity index (χ1v) is 6.93. The number of piperidine rings is 1. The van der Waals surface area contributed by atoms with Crippen molar-refractivity contribution in [2.24, 2.45) is 5.73 Å². The molecule has 0 radical (unpaired) electrons. The van der Waals surface area contributed by atoms with Gasteiger partial charge in [-0.25, -0.2) is 0 Å². The number of nitrogens with two attached hydrogens (primary N) is 1. The Morgan fingerprint density at radius 1 is 1.47 bits per heavy atom. The quantitative estimate of drug-likeness (QED) is 0.898. The van der Waals surface area contributed by atoms with E-state index < -0.39 is 6.04 Å². The van der Waals surface area contributed by atoms with Crippen molar-refractivity contribution >= 4 is 5.91 Å². The van der Waals surface area contributed by atoms with Crippen LogP contribution in [0.3, 0.4) is 0 Å². The van der Waals surface area contributed by atoms with Crippen LogP contribution in [0, 0.1) is 0 Å². The summed E-state index contributed by atoms with van der Waals surface area (Å²) in [7, 11) is 0. The number of hydrogen-bond acceptors (Lipinski definition) is 3. The van der Waals surface area contributed by atoms with Gasteiger partial charge < -0.3 is 15.4 Å². The molecule has 2 unspecified atom stereocenters. The number of nitrogens with zero attached hydrogens (tertiary/aromatic N) is 1. The average Bonchev–Trinajstić information content (AvgIpc) is 2.47. The van der Waals surface area contributed by atoms with Crippen LogP contribution in [0.25, 0.3) is 0 Å². The Balaban J connectivity index is 1.99. The highest BCUT2D eigenvalue weighted by Crippen LogP contribution is 2.18. The van der Waals surface area contributed by atoms with Gasteiger partial charge in [0.25, 0.3) is 0 Å². The van der Waals surface area contributed by atoms with Crippen LogP contribution in [0.2, 0.25) is 0 Å². The van der Waals surface area contributed by atoms with Gasteiger partial charge in [0.1, 0.15) is 6.04 Å². The Morgan fingerprint density at radius 3 is 2.89 bits per heavy atom. The van der Waals surface area contributed by atoms with Crippen molar-refractivity contribution < 1.29 is 9.53 Å². The maximum Gasteiger partial charge on any atom is 0.244 e. The van der Waals surface area contributed by atoms with Crippen LogP contribution < -0.4 is 5.73 Å². The number of hydrogen-bond donors (Lipinski definition) is 1. The van der Waals surface area contributed by atoms with Crippen LogP contribution in [0.5, 0.6) is 0 Å². The van der Waals surface area contributed by atoms with Gasteiger partial charge in [-0.05, 0) is 25.3 Å². The smallest absolute Gasteiger partial charge is 0.244 e. The van der Waals surface area contributed by atoms with E-state index in [0.717, 1.165) is 24.9 Å². The summed E-state index contributed by atoms with van der Waals surface area (Å²) in [6.45, 7) is 4.12. The molecule has 0 spiro atoms. The lowest BCUT2D eigenvalue weighted by molar-refractivity contribution is -0.136. The van der Waals surface area contributed by atoms with E-state index in [4.69, 9.17) is 10.5 Å². The third-order valence-electron chi connectivity index (χ3n) is 3.52. The molecule has 0 aromatic heterocycles. The van der Waals surface area contributed by atoms with Gasteiger partial charge in [-0.15, -0.1) is 0 Å². The van der Waals surface area contributed by atoms with Gasteiger partial charge in [0.15, 0.2) is 0 Å². The van der Waals surface area contributed by atoms with Crippen LogP contribution in [0.15, 0.2) is 30.3 Å². The Kier molecular flexibility index (Phi) is 4.93. The molecule has 0 aliphatic carbocycles. The second-order valence-electron chi connectivity index (χ2n) is 4.89. The van der Waals surface area contributed by atoms with E-state index in [-0.39, 0.29) is 12.0 Å². The first-order chi connectivity index (χ1) is 9.22. The van der Waals surface area contributed by atoms with E-state index in [1.54, 1.807) is 0 Å². The molecule has 1 aromatic rings. The van der Waals surface area contributed by atoms with Gasteiger partial charge in [-0.1, -0.05) is 30.3 Å². The van der Waals surface area contributed by atoms with Gasteiger partial charge in [0, 0.05) is 19.7 Å². The third-order valence-corrected chi connectivity index (χ3v) is 3.52. The number of carbonyl (C=O) groups excluding carboxylic acids is 1. The summed E-state index contributed by atoms with van der Waals surface area (Å²) in [4.78, 5) is 14.2. The summed E-state index contributed by atoms with van der Waals surface area (Å²) in [5, 5.41) is 0. The van der Waals surface area contributed by atoms with E-state index in [9.17, 15) is 4.79 Å². The summed E-state index contributed by atoms with van der Waals surface area (Å²) in [6.07, 6.45) is 2.17. The minimum absolute atomic E-state index is 0.00407. The van der Waals surface area contributed by atoms with Crippen molar-refractivity contribution in [3.8, 4) is 0 Å². The monoisotopic (exact) mass is 262 g/mol. The highest BCUT2D eigenvalue weighted by atomic mass is 16.5. The molecule has 1 heterocycles. The normalized spacial score (nSPS) is 21.2. The standard InChI is InChI=1S/C15H22N2O2/c1-2-19-13-9-6-10-17(11-13)15(18)14(16)12-7-4-3-5-8-12/h3-5,7-8,13-14H,2,6,9-11,16H2,1H3. The number of amides is 1. The second-order valence-corrected chi connectivity index (χ2v) is 4.89. The van der Waals surface area contributed by atoms with Crippen molar-refractivity contribution in [2.75, 3.05) is 19.7 Å². The summed E-state index contributed by atoms with van der Waals surface area (Å²) in [5.74, 6) is -0.00407. The lowest BCUT2D eigenvalue weighted by Crippen LogP contribution is -2.46. The molecule has 2 N–H and O–H groups in total. The average molecular weight is 262 g/mol. The van der Waals surface area contributed by atoms with Gasteiger partial charge in [-0.2, -0.15) is 0 Å². The first kappa shape index (κ1) is 14.0. The minimum atomic E-state index is -0.568. The molecule has 0 bridgehead atoms. The van der Waals surface area contributed by atoms with Gasteiger partial charge in [0.05, 0.1) is 6.10 Å². The Hall–Kier alpha value is -1.39. The van der Waals surface area contributed by atoms with Crippen LogP contribution in [-0.2, 0) is 9.53 Å². The molecular formula is C15H22N2O2. The van der Waals surface area contributed by atoms with E-state index in [2.05, 4.69) is 0 Å². The molecule has 2 atom stereocenters. The Bertz CT molecular complexity index is 406. The SMILES string of the molecule is CCOC1CCCN(C(=O)C(N)c2ccccc2)C1. The fourth-order valence-corrected chi connectivity index (χ4v) is 2.51. The molecular weight excluding hydrogens is 240 g/mol.